The van der Waals surface area contributed by atoms with Gasteiger partial charge in [0.1, 0.15) is 5.44 Å². The van der Waals surface area contributed by atoms with Crippen LogP contribution < -0.4 is 0 Å². The van der Waals surface area contributed by atoms with Gasteiger partial charge in [0.25, 0.3) is 0 Å². The molecule has 2 unspecified atom stereocenters. The predicted octanol–water partition coefficient (Wildman–Crippen LogP) is 2.32. The van der Waals surface area contributed by atoms with Crippen molar-refractivity contribution in [1.82, 2.24) is 0 Å². The van der Waals surface area contributed by atoms with Gasteiger partial charge in [0.15, 0.2) is 18.3 Å². The zero-order valence-electron chi connectivity index (χ0n) is 15.0. The third-order valence-corrected chi connectivity index (χ3v) is 4.78. The zero-order chi connectivity index (χ0) is 19.3. The van der Waals surface area contributed by atoms with Crippen LogP contribution in [-0.4, -0.2) is 47.8 Å². The van der Waals surface area contributed by atoms with Crippen molar-refractivity contribution < 1.29 is 33.3 Å². The Balaban J connectivity index is 2.33. The fourth-order valence-electron chi connectivity index (χ4n) is 2.70. The number of carbonyl (C=O) groups excluding carboxylic acids is 3. The van der Waals surface area contributed by atoms with Gasteiger partial charge in [-0.25, -0.2) is 0 Å². The van der Waals surface area contributed by atoms with Crippen molar-refractivity contribution in [2.45, 2.75) is 62.4 Å². The summed E-state index contributed by atoms with van der Waals surface area (Å²) < 4.78 is 22.0. The Morgan fingerprint density at radius 1 is 0.846 bits per heavy atom. The van der Waals surface area contributed by atoms with E-state index in [1.165, 1.54) is 32.5 Å². The van der Waals surface area contributed by atoms with Crippen LogP contribution in [0, 0.1) is 0 Å². The maximum Gasteiger partial charge on any atom is 0.303 e. The summed E-state index contributed by atoms with van der Waals surface area (Å²) in [5, 5.41) is 0. The first kappa shape index (κ1) is 20.3. The minimum atomic E-state index is -0.967. The lowest BCUT2D eigenvalue weighted by atomic mass is 10.00. The third kappa shape index (κ3) is 5.47. The Morgan fingerprint density at radius 3 is 1.88 bits per heavy atom. The van der Waals surface area contributed by atoms with E-state index in [4.69, 9.17) is 18.9 Å². The van der Waals surface area contributed by atoms with E-state index < -0.39 is 47.8 Å². The maximum absolute atomic E-state index is 11.6. The van der Waals surface area contributed by atoms with E-state index in [2.05, 4.69) is 0 Å². The molecule has 2 rings (SSSR count). The quantitative estimate of drug-likeness (QED) is 0.566. The highest BCUT2D eigenvalue weighted by Crippen LogP contribution is 2.37. The summed E-state index contributed by atoms with van der Waals surface area (Å²) in [6.07, 6.45) is -3.34. The second-order valence-corrected chi connectivity index (χ2v) is 7.03. The Morgan fingerprint density at radius 2 is 1.35 bits per heavy atom. The second kappa shape index (κ2) is 9.05. The number of ether oxygens (including phenoxy) is 4. The molecule has 1 aromatic carbocycles. The van der Waals surface area contributed by atoms with Gasteiger partial charge in [0.2, 0.25) is 0 Å². The van der Waals surface area contributed by atoms with Gasteiger partial charge in [-0.2, -0.15) is 0 Å². The van der Waals surface area contributed by atoms with Crippen molar-refractivity contribution in [2.24, 2.45) is 0 Å². The number of thioether (sulfide) groups is 1. The van der Waals surface area contributed by atoms with Gasteiger partial charge < -0.3 is 18.9 Å². The van der Waals surface area contributed by atoms with E-state index >= 15 is 0 Å². The van der Waals surface area contributed by atoms with Crippen molar-refractivity contribution >= 4 is 29.7 Å². The number of hydrogen-bond acceptors (Lipinski definition) is 8. The van der Waals surface area contributed by atoms with Crippen molar-refractivity contribution in [3.8, 4) is 0 Å². The molecule has 0 bridgehead atoms. The predicted molar refractivity (Wildman–Crippen MR) is 93.3 cm³/mol. The zero-order valence-corrected chi connectivity index (χ0v) is 15.9. The number of carbonyl (C=O) groups is 3. The van der Waals surface area contributed by atoms with Gasteiger partial charge in [-0.05, 0) is 19.1 Å². The molecule has 1 aliphatic rings. The molecule has 1 heterocycles. The average Bonchev–Trinajstić information content (AvgIpc) is 2.54. The van der Waals surface area contributed by atoms with Gasteiger partial charge in [-0.15, -0.1) is 0 Å². The molecule has 1 fully saturated rings. The molecule has 0 aliphatic carbocycles. The van der Waals surface area contributed by atoms with Crippen molar-refractivity contribution in [3.05, 3.63) is 30.3 Å². The molecule has 0 spiro atoms. The molecule has 1 aromatic rings. The molecule has 0 aromatic heterocycles. The molecule has 5 atom stereocenters. The maximum atomic E-state index is 11.6. The van der Waals surface area contributed by atoms with Gasteiger partial charge in [0, 0.05) is 25.7 Å². The van der Waals surface area contributed by atoms with Crippen LogP contribution in [0.25, 0.3) is 0 Å². The Bertz CT molecular complexity index is 648. The number of hydrogen-bond donors (Lipinski definition) is 0. The molecule has 0 amide bonds. The van der Waals surface area contributed by atoms with Gasteiger partial charge >= 0.3 is 17.9 Å². The summed E-state index contributed by atoms with van der Waals surface area (Å²) in [4.78, 5) is 35.6. The van der Waals surface area contributed by atoms with Crippen LogP contribution in [0.2, 0.25) is 0 Å². The lowest BCUT2D eigenvalue weighted by Gasteiger charge is -2.43. The highest BCUT2D eigenvalue weighted by molar-refractivity contribution is 7.99. The minimum absolute atomic E-state index is 0.543. The van der Waals surface area contributed by atoms with Gasteiger partial charge in [-0.3, -0.25) is 14.4 Å². The van der Waals surface area contributed by atoms with Crippen molar-refractivity contribution in [1.29, 1.82) is 0 Å². The summed E-state index contributed by atoms with van der Waals surface area (Å²) in [5.41, 5.74) is -0.632. The second-order valence-electron chi connectivity index (χ2n) is 5.86. The van der Waals surface area contributed by atoms with Crippen LogP contribution in [0.3, 0.4) is 0 Å². The Hall–Kier alpha value is -2.06. The van der Waals surface area contributed by atoms with Crippen LogP contribution in [-0.2, 0) is 33.3 Å². The summed E-state index contributed by atoms with van der Waals surface area (Å²) in [6.45, 7) is 5.47. The number of rotatable bonds is 5. The molecule has 7 nitrogen and oxygen atoms in total. The monoisotopic (exact) mass is 382 g/mol. The van der Waals surface area contributed by atoms with Crippen LogP contribution in [0.15, 0.2) is 35.2 Å². The lowest BCUT2D eigenvalue weighted by Crippen LogP contribution is -2.59. The first-order valence-corrected chi connectivity index (χ1v) is 9.04. The third-order valence-electron chi connectivity index (χ3n) is 3.63. The van der Waals surface area contributed by atoms with E-state index in [-0.39, 0.29) is 0 Å². The fourth-order valence-corrected chi connectivity index (χ4v) is 3.86. The SMILES string of the molecule is CC(=O)OC1[C@H](Sc2ccccc2)OC(C)[C@H](OC(C)=O)[C@H]1OC(C)=O. The summed E-state index contributed by atoms with van der Waals surface area (Å²) in [5.74, 6) is -1.66. The van der Waals surface area contributed by atoms with E-state index in [0.29, 0.717) is 0 Å². The summed E-state index contributed by atoms with van der Waals surface area (Å²) in [7, 11) is 0. The van der Waals surface area contributed by atoms with Crippen LogP contribution in [0.5, 0.6) is 0 Å². The van der Waals surface area contributed by atoms with Crippen LogP contribution >= 0.6 is 11.8 Å². The molecule has 26 heavy (non-hydrogen) atoms. The lowest BCUT2D eigenvalue weighted by molar-refractivity contribution is -0.229. The largest absolute Gasteiger partial charge is 0.456 e. The summed E-state index contributed by atoms with van der Waals surface area (Å²) >= 11 is 1.34. The first-order valence-electron chi connectivity index (χ1n) is 8.16. The first-order chi connectivity index (χ1) is 12.3. The molecule has 1 aliphatic heterocycles. The van der Waals surface area contributed by atoms with Gasteiger partial charge in [-0.1, -0.05) is 30.0 Å². The normalized spacial score (nSPS) is 28.1. The molecule has 0 N–H and O–H groups in total. The standard InChI is InChI=1S/C18H22O7S/c1-10-15(23-11(2)19)16(24-12(3)20)17(25-13(4)21)18(22-10)26-14-8-6-5-7-9-14/h5-10,15-18H,1-4H3/t10?,15-,16+,17?,18-/m0/s1. The van der Waals surface area contributed by atoms with Crippen LogP contribution in [0.4, 0.5) is 0 Å². The molecular weight excluding hydrogens is 360 g/mol. The van der Waals surface area contributed by atoms with E-state index in [1.807, 2.05) is 30.3 Å². The molecule has 142 valence electrons. The van der Waals surface area contributed by atoms with E-state index in [0.717, 1.165) is 4.90 Å². The summed E-state index contributed by atoms with van der Waals surface area (Å²) in [6, 6.07) is 9.42. The molecule has 0 radical (unpaired) electrons. The van der Waals surface area contributed by atoms with Crippen LogP contribution in [0.1, 0.15) is 27.7 Å². The van der Waals surface area contributed by atoms with Gasteiger partial charge in [0.05, 0.1) is 6.10 Å². The van der Waals surface area contributed by atoms with E-state index in [1.54, 1.807) is 6.92 Å². The Labute approximate surface area is 156 Å². The molecule has 1 saturated heterocycles. The molecule has 8 heteroatoms. The highest BCUT2D eigenvalue weighted by atomic mass is 32.2. The number of esters is 3. The minimum Gasteiger partial charge on any atom is -0.456 e. The topological polar surface area (TPSA) is 88.1 Å². The smallest absolute Gasteiger partial charge is 0.303 e. The Kier molecular flexibility index (Phi) is 7.05. The fraction of sp³-hybridized carbons (Fsp3) is 0.500. The average molecular weight is 382 g/mol. The molecule has 0 saturated carbocycles. The molecular formula is C18H22O7S. The van der Waals surface area contributed by atoms with E-state index in [9.17, 15) is 14.4 Å². The number of benzene rings is 1. The highest BCUT2D eigenvalue weighted by Gasteiger charge is 2.50. The van der Waals surface area contributed by atoms with Crippen molar-refractivity contribution in [2.75, 3.05) is 0 Å². The van der Waals surface area contributed by atoms with Crippen molar-refractivity contribution in [3.63, 3.8) is 0 Å².